The van der Waals surface area contributed by atoms with E-state index in [9.17, 15) is 0 Å². The van der Waals surface area contributed by atoms with Crippen molar-refractivity contribution < 1.29 is 0 Å². The topological polar surface area (TPSA) is 27.7 Å². The molecule has 0 unspecified atom stereocenters. The van der Waals surface area contributed by atoms with Crippen molar-refractivity contribution in [2.45, 2.75) is 0 Å². The quantitative estimate of drug-likeness (QED) is 0.186. The molecule has 0 radical (unpaired) electrons. The highest BCUT2D eigenvalue weighted by Gasteiger charge is 2.20. The lowest BCUT2D eigenvalue weighted by Gasteiger charge is -2.11. The second-order valence-electron chi connectivity index (χ2n) is 13.3. The van der Waals surface area contributed by atoms with Crippen molar-refractivity contribution >= 4 is 65.4 Å². The third-order valence-corrected chi connectivity index (χ3v) is 10.5. The van der Waals surface area contributed by atoms with Gasteiger partial charge < -0.3 is 13.7 Å². The van der Waals surface area contributed by atoms with Crippen molar-refractivity contribution in [3.8, 4) is 28.2 Å². The smallest absolute Gasteiger partial charge is 0.0724 e. The highest BCUT2D eigenvalue weighted by molar-refractivity contribution is 6.19. The van der Waals surface area contributed by atoms with Gasteiger partial charge in [-0.15, -0.1) is 0 Å². The Morgan fingerprint density at radius 1 is 0.294 bits per heavy atom. The fourth-order valence-corrected chi connectivity index (χ4v) is 8.27. The molecule has 0 spiro atoms. The summed E-state index contributed by atoms with van der Waals surface area (Å²) in [5.74, 6) is 0. The van der Waals surface area contributed by atoms with Crippen LogP contribution in [0.25, 0.3) is 93.6 Å². The number of rotatable bonds is 4. The maximum absolute atomic E-state index is 4.52. The molecule has 4 heterocycles. The SMILES string of the molecule is c1ccc(-c2ccc(-n3c4ccccc4c4cc5c(cc43)c3ccccc3n5-c3ccc4c(c3)c3ccncc3n4-c3ccccc3)cc2)cc1. The Bertz CT molecular complexity index is 3110. The highest BCUT2D eigenvalue weighted by atomic mass is 15.0. The fourth-order valence-electron chi connectivity index (χ4n) is 8.27. The Morgan fingerprint density at radius 3 is 1.45 bits per heavy atom. The lowest BCUT2D eigenvalue weighted by atomic mass is 10.1. The van der Waals surface area contributed by atoms with Crippen LogP contribution < -0.4 is 0 Å². The Morgan fingerprint density at radius 2 is 0.765 bits per heavy atom. The molecule has 0 bridgehead atoms. The monoisotopic (exact) mass is 650 g/mol. The first-order valence-electron chi connectivity index (χ1n) is 17.4. The zero-order chi connectivity index (χ0) is 33.5. The second kappa shape index (κ2) is 10.8. The summed E-state index contributed by atoms with van der Waals surface area (Å²) in [5, 5.41) is 7.35. The van der Waals surface area contributed by atoms with Gasteiger partial charge in [-0.05, 0) is 83.9 Å². The molecule has 238 valence electrons. The molecule has 0 aliphatic rings. The lowest BCUT2D eigenvalue weighted by molar-refractivity contribution is 1.16. The molecule has 4 aromatic heterocycles. The van der Waals surface area contributed by atoms with Gasteiger partial charge in [-0.2, -0.15) is 0 Å². The standard InChI is InChI=1S/C47H30N4/c1-3-11-31(12-4-1)32-19-21-34(22-20-32)49-42-17-9-7-15-36(42)40-29-46-41(28-45(40)49)37-16-8-10-18-43(37)51(46)35-23-24-44-39(27-35)38-25-26-48-30-47(38)50(44)33-13-5-2-6-14-33/h1-30H. The van der Waals surface area contributed by atoms with E-state index in [0.29, 0.717) is 0 Å². The molecular formula is C47H30N4. The molecule has 0 atom stereocenters. The first-order chi connectivity index (χ1) is 25.3. The first kappa shape index (κ1) is 28.0. The molecule has 0 amide bonds. The van der Waals surface area contributed by atoms with E-state index in [2.05, 4.69) is 189 Å². The number of nitrogens with zero attached hydrogens (tertiary/aromatic N) is 4. The van der Waals surface area contributed by atoms with Gasteiger partial charge in [0, 0.05) is 55.6 Å². The van der Waals surface area contributed by atoms with Gasteiger partial charge >= 0.3 is 0 Å². The summed E-state index contributed by atoms with van der Waals surface area (Å²) in [7, 11) is 0. The van der Waals surface area contributed by atoms with Gasteiger partial charge in [0.25, 0.3) is 0 Å². The largest absolute Gasteiger partial charge is 0.309 e. The van der Waals surface area contributed by atoms with Gasteiger partial charge in [-0.1, -0.05) is 97.1 Å². The lowest BCUT2D eigenvalue weighted by Crippen LogP contribution is -1.96. The van der Waals surface area contributed by atoms with Crippen molar-refractivity contribution in [1.29, 1.82) is 0 Å². The van der Waals surface area contributed by atoms with Gasteiger partial charge in [-0.3, -0.25) is 4.98 Å². The molecule has 4 nitrogen and oxygen atoms in total. The molecular weight excluding hydrogens is 621 g/mol. The number of aromatic nitrogens is 4. The van der Waals surface area contributed by atoms with E-state index < -0.39 is 0 Å². The van der Waals surface area contributed by atoms with Gasteiger partial charge in [0.1, 0.15) is 0 Å². The van der Waals surface area contributed by atoms with Crippen LogP contribution in [0, 0.1) is 0 Å². The summed E-state index contributed by atoms with van der Waals surface area (Å²) < 4.78 is 7.18. The average Bonchev–Trinajstić information content (AvgIpc) is 3.83. The molecule has 0 N–H and O–H groups in total. The van der Waals surface area contributed by atoms with Crippen LogP contribution in [-0.4, -0.2) is 18.7 Å². The third kappa shape index (κ3) is 4.11. The summed E-state index contributed by atoms with van der Waals surface area (Å²) >= 11 is 0. The second-order valence-corrected chi connectivity index (χ2v) is 13.3. The van der Waals surface area contributed by atoms with Gasteiger partial charge in [0.15, 0.2) is 0 Å². The van der Waals surface area contributed by atoms with Crippen LogP contribution in [0.4, 0.5) is 0 Å². The maximum Gasteiger partial charge on any atom is 0.0724 e. The van der Waals surface area contributed by atoms with Gasteiger partial charge in [0.05, 0.1) is 39.3 Å². The van der Waals surface area contributed by atoms with Crippen LogP contribution in [0.1, 0.15) is 0 Å². The van der Waals surface area contributed by atoms with Gasteiger partial charge in [0.2, 0.25) is 0 Å². The number of fused-ring (bicyclic) bond motifs is 9. The predicted octanol–water partition coefficient (Wildman–Crippen LogP) is 12.0. The summed E-state index contributed by atoms with van der Waals surface area (Å²) in [6, 6.07) is 61.5. The number of para-hydroxylation sites is 3. The number of pyridine rings is 1. The molecule has 0 aliphatic carbocycles. The summed E-state index contributed by atoms with van der Waals surface area (Å²) in [4.78, 5) is 4.52. The Labute approximate surface area is 293 Å². The van der Waals surface area contributed by atoms with Crippen LogP contribution in [0.5, 0.6) is 0 Å². The van der Waals surface area contributed by atoms with Crippen molar-refractivity contribution in [2.24, 2.45) is 0 Å². The van der Waals surface area contributed by atoms with Crippen molar-refractivity contribution in [3.05, 3.63) is 182 Å². The molecule has 4 heteroatoms. The Balaban J connectivity index is 1.17. The van der Waals surface area contributed by atoms with Crippen LogP contribution in [0.15, 0.2) is 182 Å². The number of hydrogen-bond donors (Lipinski definition) is 0. The molecule has 0 saturated heterocycles. The molecule has 51 heavy (non-hydrogen) atoms. The molecule has 11 rings (SSSR count). The molecule has 0 aliphatic heterocycles. The van der Waals surface area contributed by atoms with Crippen LogP contribution in [-0.2, 0) is 0 Å². The van der Waals surface area contributed by atoms with Crippen molar-refractivity contribution in [1.82, 2.24) is 18.7 Å². The van der Waals surface area contributed by atoms with E-state index in [1.54, 1.807) is 0 Å². The molecule has 0 saturated carbocycles. The summed E-state index contributed by atoms with van der Waals surface area (Å²) in [6.45, 7) is 0. The minimum Gasteiger partial charge on any atom is -0.309 e. The normalized spacial score (nSPS) is 11.9. The van der Waals surface area contributed by atoms with E-state index in [4.69, 9.17) is 0 Å². The number of benzene rings is 7. The van der Waals surface area contributed by atoms with E-state index in [-0.39, 0.29) is 0 Å². The molecule has 11 aromatic rings. The van der Waals surface area contributed by atoms with Crippen molar-refractivity contribution in [2.75, 3.05) is 0 Å². The van der Waals surface area contributed by atoms with E-state index in [1.807, 2.05) is 12.4 Å². The van der Waals surface area contributed by atoms with Gasteiger partial charge in [-0.25, -0.2) is 0 Å². The van der Waals surface area contributed by atoms with E-state index >= 15 is 0 Å². The van der Waals surface area contributed by atoms with Crippen LogP contribution in [0.2, 0.25) is 0 Å². The summed E-state index contributed by atoms with van der Waals surface area (Å²) in [5.41, 5.74) is 12.9. The highest BCUT2D eigenvalue weighted by Crippen LogP contribution is 2.41. The van der Waals surface area contributed by atoms with E-state index in [0.717, 1.165) is 28.1 Å². The Kier molecular flexibility index (Phi) is 5.92. The predicted molar refractivity (Wildman–Crippen MR) is 213 cm³/mol. The molecule has 7 aromatic carbocycles. The number of hydrogen-bond acceptors (Lipinski definition) is 1. The molecule has 0 fully saturated rings. The zero-order valence-electron chi connectivity index (χ0n) is 27.6. The summed E-state index contributed by atoms with van der Waals surface area (Å²) in [6.07, 6.45) is 3.87. The van der Waals surface area contributed by atoms with E-state index in [1.165, 1.54) is 65.5 Å². The van der Waals surface area contributed by atoms with Crippen LogP contribution in [0.3, 0.4) is 0 Å². The first-order valence-corrected chi connectivity index (χ1v) is 17.4. The maximum atomic E-state index is 4.52. The van der Waals surface area contributed by atoms with Crippen LogP contribution >= 0.6 is 0 Å². The minimum absolute atomic E-state index is 1.10. The average molecular weight is 651 g/mol. The minimum atomic E-state index is 1.10. The third-order valence-electron chi connectivity index (χ3n) is 10.5. The zero-order valence-corrected chi connectivity index (χ0v) is 27.6. The Hall–Kier alpha value is -6.91. The van der Waals surface area contributed by atoms with Crippen molar-refractivity contribution in [3.63, 3.8) is 0 Å². The fraction of sp³-hybridized carbons (Fsp3) is 0.